The Morgan fingerprint density at radius 3 is 2.45 bits per heavy atom. The van der Waals surface area contributed by atoms with Crippen molar-refractivity contribution in [3.8, 4) is 11.5 Å². The molecule has 166 valence electrons. The summed E-state index contributed by atoms with van der Waals surface area (Å²) in [6.45, 7) is 4.95. The first-order chi connectivity index (χ1) is 14.8. The van der Waals surface area contributed by atoms with E-state index < -0.39 is 6.09 Å². The third-order valence-corrected chi connectivity index (χ3v) is 4.37. The molecular formula is C23H27ClN2O5. The number of hydrogen-bond acceptors (Lipinski definition) is 5. The van der Waals surface area contributed by atoms with Crippen molar-refractivity contribution >= 4 is 35.4 Å². The van der Waals surface area contributed by atoms with Crippen LogP contribution in [-0.4, -0.2) is 32.8 Å². The zero-order valence-electron chi connectivity index (χ0n) is 18.0. The van der Waals surface area contributed by atoms with Crippen LogP contribution in [-0.2, 0) is 16.1 Å². The number of carbonyl (C=O) groups is 2. The number of anilines is 1. The van der Waals surface area contributed by atoms with Crippen LogP contribution in [0.4, 0.5) is 10.5 Å². The van der Waals surface area contributed by atoms with Gasteiger partial charge in [-0.3, -0.25) is 10.1 Å². The van der Waals surface area contributed by atoms with Gasteiger partial charge in [0.05, 0.1) is 25.8 Å². The smallest absolute Gasteiger partial charge is 0.411 e. The van der Waals surface area contributed by atoms with E-state index in [0.29, 0.717) is 46.8 Å². The van der Waals surface area contributed by atoms with Crippen molar-refractivity contribution in [3.05, 3.63) is 58.6 Å². The topological polar surface area (TPSA) is 85.9 Å². The Hall–Kier alpha value is -3.19. The van der Waals surface area contributed by atoms with Crippen LogP contribution >= 0.6 is 11.6 Å². The van der Waals surface area contributed by atoms with E-state index in [1.165, 1.54) is 13.2 Å². The van der Waals surface area contributed by atoms with Crippen molar-refractivity contribution in [2.45, 2.75) is 20.4 Å². The van der Waals surface area contributed by atoms with E-state index in [9.17, 15) is 9.59 Å². The number of amides is 2. The maximum absolute atomic E-state index is 12.2. The third kappa shape index (κ3) is 7.86. The largest absolute Gasteiger partial charge is 0.493 e. The van der Waals surface area contributed by atoms with Crippen molar-refractivity contribution in [1.29, 1.82) is 0 Å². The quantitative estimate of drug-likeness (QED) is 0.535. The highest BCUT2D eigenvalue weighted by Gasteiger charge is 2.12. The summed E-state index contributed by atoms with van der Waals surface area (Å²) in [5.74, 6) is 1.09. The Bertz CT molecular complexity index is 926. The van der Waals surface area contributed by atoms with Gasteiger partial charge >= 0.3 is 6.09 Å². The first-order valence-electron chi connectivity index (χ1n) is 9.72. The molecule has 2 N–H and O–H groups in total. The number of hydrogen-bond donors (Lipinski definition) is 2. The summed E-state index contributed by atoms with van der Waals surface area (Å²) in [4.78, 5) is 23.4. The molecule has 0 saturated heterocycles. The Kier molecular flexibility index (Phi) is 9.21. The minimum atomic E-state index is -0.539. The molecule has 0 aliphatic carbocycles. The Morgan fingerprint density at radius 1 is 1.13 bits per heavy atom. The van der Waals surface area contributed by atoms with Crippen molar-refractivity contribution in [2.24, 2.45) is 5.92 Å². The zero-order valence-corrected chi connectivity index (χ0v) is 18.8. The summed E-state index contributed by atoms with van der Waals surface area (Å²) < 4.78 is 15.6. The van der Waals surface area contributed by atoms with Crippen LogP contribution < -0.4 is 20.1 Å². The lowest BCUT2D eigenvalue weighted by atomic mass is 10.1. The minimum Gasteiger partial charge on any atom is -0.493 e. The molecule has 0 spiro atoms. The fourth-order valence-electron chi connectivity index (χ4n) is 2.52. The van der Waals surface area contributed by atoms with Crippen molar-refractivity contribution in [2.75, 3.05) is 26.1 Å². The highest BCUT2D eigenvalue weighted by molar-refractivity contribution is 6.32. The van der Waals surface area contributed by atoms with Gasteiger partial charge in [-0.25, -0.2) is 4.79 Å². The van der Waals surface area contributed by atoms with Crippen LogP contribution in [0, 0.1) is 5.92 Å². The predicted octanol–water partition coefficient (Wildman–Crippen LogP) is 4.89. The normalized spacial score (nSPS) is 10.8. The minimum absolute atomic E-state index is 0.257. The van der Waals surface area contributed by atoms with Crippen LogP contribution in [0.15, 0.2) is 42.5 Å². The molecule has 2 rings (SSSR count). The van der Waals surface area contributed by atoms with Gasteiger partial charge in [-0.1, -0.05) is 37.6 Å². The van der Waals surface area contributed by atoms with Gasteiger partial charge in [0.1, 0.15) is 0 Å². The van der Waals surface area contributed by atoms with Gasteiger partial charge in [0.2, 0.25) is 5.91 Å². The molecule has 0 heterocycles. The summed E-state index contributed by atoms with van der Waals surface area (Å²) >= 11 is 6.33. The average Bonchev–Trinajstić information content (AvgIpc) is 2.75. The fourth-order valence-corrected chi connectivity index (χ4v) is 2.79. The Morgan fingerprint density at radius 2 is 1.84 bits per heavy atom. The number of halogens is 1. The number of nitrogens with one attached hydrogen (secondary N) is 2. The second-order valence-corrected chi connectivity index (χ2v) is 7.51. The first kappa shape index (κ1) is 24.1. The standard InChI is InChI=1S/C23H27ClN2O5/c1-15(2)14-31-22-19(24)11-17(12-20(22)29-3)7-10-21(27)25-13-16-5-8-18(9-6-16)26-23(28)30-4/h5-12,15H,13-14H2,1-4H3,(H,25,27)(H,26,28). The molecule has 2 amide bonds. The Labute approximate surface area is 187 Å². The van der Waals surface area contributed by atoms with Gasteiger partial charge in [0.25, 0.3) is 0 Å². The summed E-state index contributed by atoms with van der Waals surface area (Å²) in [5.41, 5.74) is 2.20. The van der Waals surface area contributed by atoms with Crippen molar-refractivity contribution < 1.29 is 23.8 Å². The van der Waals surface area contributed by atoms with Crippen LogP contribution in [0.3, 0.4) is 0 Å². The highest BCUT2D eigenvalue weighted by Crippen LogP contribution is 2.37. The summed E-state index contributed by atoms with van der Waals surface area (Å²) in [6.07, 6.45) is 2.54. The molecule has 2 aromatic rings. The second kappa shape index (κ2) is 11.9. The second-order valence-electron chi connectivity index (χ2n) is 7.10. The van der Waals surface area contributed by atoms with E-state index in [2.05, 4.69) is 15.4 Å². The van der Waals surface area contributed by atoms with Gasteiger partial charge in [-0.05, 0) is 47.4 Å². The van der Waals surface area contributed by atoms with Crippen molar-refractivity contribution in [3.63, 3.8) is 0 Å². The first-order valence-corrected chi connectivity index (χ1v) is 10.1. The van der Waals surface area contributed by atoms with Crippen LogP contribution in [0.25, 0.3) is 6.08 Å². The fraction of sp³-hybridized carbons (Fsp3) is 0.304. The molecule has 0 saturated carbocycles. The van der Waals surface area contributed by atoms with Crippen LogP contribution in [0.5, 0.6) is 11.5 Å². The molecule has 8 heteroatoms. The molecule has 0 bridgehead atoms. The number of methoxy groups -OCH3 is 2. The van der Waals surface area contributed by atoms with Gasteiger partial charge in [-0.15, -0.1) is 0 Å². The highest BCUT2D eigenvalue weighted by atomic mass is 35.5. The lowest BCUT2D eigenvalue weighted by Crippen LogP contribution is -2.20. The number of rotatable bonds is 9. The van der Waals surface area contributed by atoms with E-state index in [1.807, 2.05) is 13.8 Å². The van der Waals surface area contributed by atoms with Gasteiger partial charge < -0.3 is 19.5 Å². The van der Waals surface area contributed by atoms with E-state index in [0.717, 1.165) is 5.56 Å². The summed E-state index contributed by atoms with van der Waals surface area (Å²) in [7, 11) is 2.84. The van der Waals surface area contributed by atoms with E-state index in [1.54, 1.807) is 49.6 Å². The molecule has 31 heavy (non-hydrogen) atoms. The lowest BCUT2D eigenvalue weighted by molar-refractivity contribution is -0.116. The monoisotopic (exact) mass is 446 g/mol. The van der Waals surface area contributed by atoms with Crippen LogP contribution in [0.1, 0.15) is 25.0 Å². The zero-order chi connectivity index (χ0) is 22.8. The van der Waals surface area contributed by atoms with Gasteiger partial charge in [-0.2, -0.15) is 0 Å². The molecule has 2 aromatic carbocycles. The molecule has 0 aliphatic heterocycles. The van der Waals surface area contributed by atoms with Crippen molar-refractivity contribution in [1.82, 2.24) is 5.32 Å². The number of ether oxygens (including phenoxy) is 3. The third-order valence-electron chi connectivity index (χ3n) is 4.09. The van der Waals surface area contributed by atoms with E-state index in [4.69, 9.17) is 21.1 Å². The summed E-state index contributed by atoms with van der Waals surface area (Å²) in [6, 6.07) is 10.5. The maximum Gasteiger partial charge on any atom is 0.411 e. The maximum atomic E-state index is 12.2. The lowest BCUT2D eigenvalue weighted by Gasteiger charge is -2.14. The molecule has 7 nitrogen and oxygen atoms in total. The van der Waals surface area contributed by atoms with E-state index >= 15 is 0 Å². The molecular weight excluding hydrogens is 420 g/mol. The molecule has 0 unspecified atom stereocenters. The predicted molar refractivity (Wildman–Crippen MR) is 122 cm³/mol. The molecule has 0 aliphatic rings. The van der Waals surface area contributed by atoms with Gasteiger partial charge in [0.15, 0.2) is 11.5 Å². The molecule has 0 radical (unpaired) electrons. The average molecular weight is 447 g/mol. The van der Waals surface area contributed by atoms with Gasteiger partial charge in [0, 0.05) is 18.3 Å². The molecule has 0 fully saturated rings. The molecule has 0 atom stereocenters. The Balaban J connectivity index is 1.95. The van der Waals surface area contributed by atoms with Crippen LogP contribution in [0.2, 0.25) is 5.02 Å². The number of carbonyl (C=O) groups excluding carboxylic acids is 2. The number of benzene rings is 2. The SMILES string of the molecule is COC(=O)Nc1ccc(CNC(=O)C=Cc2cc(Cl)c(OCC(C)C)c(OC)c2)cc1. The van der Waals surface area contributed by atoms with E-state index in [-0.39, 0.29) is 5.91 Å². The molecule has 0 aromatic heterocycles. The summed E-state index contributed by atoms with van der Waals surface area (Å²) in [5, 5.41) is 5.78.